The fourth-order valence-electron chi connectivity index (χ4n) is 7.95. The molecule has 0 bridgehead atoms. The van der Waals surface area contributed by atoms with Crippen LogP contribution < -0.4 is 14.4 Å². The predicted octanol–water partition coefficient (Wildman–Crippen LogP) is 5.69. The largest absolute Gasteiger partial charge is 0.508 e. The number of piperidine rings is 1. The minimum atomic E-state index is -0.794. The number of hydrogen-bond acceptors (Lipinski definition) is 9. The smallest absolute Gasteiger partial charge is 0.319 e. The lowest BCUT2D eigenvalue weighted by atomic mass is 9.67. The maximum absolute atomic E-state index is 17.0. The SMILES string of the molecule is C#Cc1c(F)ccc2cc(O)cc(-c3nc(OC)c4c(N5CCOCC5)nc(OCC56CCCN(C)[C@]5(C)CCC6)nc4c3F)c12. The molecule has 2 aliphatic heterocycles. The van der Waals surface area contributed by atoms with Gasteiger partial charge in [-0.2, -0.15) is 9.97 Å². The summed E-state index contributed by atoms with van der Waals surface area (Å²) < 4.78 is 49.7. The van der Waals surface area contributed by atoms with Crippen LogP contribution in [0.25, 0.3) is 32.9 Å². The van der Waals surface area contributed by atoms with Gasteiger partial charge in [0.25, 0.3) is 0 Å². The molecule has 2 saturated heterocycles. The van der Waals surface area contributed by atoms with Gasteiger partial charge in [0, 0.05) is 35.0 Å². The zero-order valence-corrected chi connectivity index (χ0v) is 26.3. The highest BCUT2D eigenvalue weighted by Crippen LogP contribution is 2.55. The Bertz CT molecular complexity index is 1890. The van der Waals surface area contributed by atoms with Crippen LogP contribution in [0, 0.1) is 29.4 Å². The van der Waals surface area contributed by atoms with E-state index in [9.17, 15) is 9.50 Å². The minimum Gasteiger partial charge on any atom is -0.508 e. The molecule has 1 saturated carbocycles. The van der Waals surface area contributed by atoms with E-state index in [-0.39, 0.29) is 61.7 Å². The summed E-state index contributed by atoms with van der Waals surface area (Å²) >= 11 is 0. The lowest BCUT2D eigenvalue weighted by Crippen LogP contribution is -2.59. The number of likely N-dealkylation sites (tertiary alicyclic amines) is 1. The molecule has 3 fully saturated rings. The lowest BCUT2D eigenvalue weighted by Gasteiger charge is -2.53. The Kier molecular flexibility index (Phi) is 7.60. The number of benzene rings is 2. The van der Waals surface area contributed by atoms with Gasteiger partial charge in [-0.05, 0) is 69.8 Å². The summed E-state index contributed by atoms with van der Waals surface area (Å²) in [5, 5.41) is 11.6. The molecule has 0 amide bonds. The molecule has 3 aliphatic rings. The number of terminal acetylenes is 1. The van der Waals surface area contributed by atoms with Gasteiger partial charge >= 0.3 is 6.01 Å². The molecule has 7 rings (SSSR count). The number of aromatic nitrogens is 3. The van der Waals surface area contributed by atoms with Crippen LogP contribution in [0.15, 0.2) is 24.3 Å². The molecule has 1 N–H and O–H groups in total. The van der Waals surface area contributed by atoms with Crippen LogP contribution in [0.4, 0.5) is 14.6 Å². The zero-order valence-electron chi connectivity index (χ0n) is 26.3. The molecule has 4 aromatic rings. The topological polar surface area (TPSA) is 93.1 Å². The molecule has 240 valence electrons. The van der Waals surface area contributed by atoms with Gasteiger partial charge in [0.1, 0.15) is 34.0 Å². The fraction of sp³-hybridized carbons (Fsp3) is 0.457. The Morgan fingerprint density at radius 2 is 1.83 bits per heavy atom. The van der Waals surface area contributed by atoms with E-state index in [4.69, 9.17) is 25.6 Å². The Morgan fingerprint density at radius 1 is 1.04 bits per heavy atom. The third-order valence-electron chi connectivity index (χ3n) is 10.6. The number of methoxy groups -OCH3 is 1. The zero-order chi connectivity index (χ0) is 32.2. The summed E-state index contributed by atoms with van der Waals surface area (Å²) in [6, 6.07) is 5.52. The van der Waals surface area contributed by atoms with Gasteiger partial charge in [0.15, 0.2) is 5.82 Å². The van der Waals surface area contributed by atoms with Crippen LogP contribution in [0.2, 0.25) is 0 Å². The Balaban J connectivity index is 1.43. The van der Waals surface area contributed by atoms with E-state index < -0.39 is 11.6 Å². The molecule has 0 radical (unpaired) electrons. The van der Waals surface area contributed by atoms with Crippen LogP contribution in [-0.2, 0) is 4.74 Å². The number of phenolic OH excluding ortho intramolecular Hbond substituents is 1. The van der Waals surface area contributed by atoms with E-state index in [0.717, 1.165) is 38.6 Å². The first-order valence-electron chi connectivity index (χ1n) is 15.7. The molecule has 46 heavy (non-hydrogen) atoms. The summed E-state index contributed by atoms with van der Waals surface area (Å²) in [5.74, 6) is 1.29. The number of nitrogens with zero attached hydrogens (tertiary/aromatic N) is 5. The summed E-state index contributed by atoms with van der Waals surface area (Å²) in [4.78, 5) is 18.5. The van der Waals surface area contributed by atoms with Crippen LogP contribution in [-0.4, -0.2) is 84.1 Å². The van der Waals surface area contributed by atoms with Gasteiger partial charge in [-0.1, -0.05) is 18.4 Å². The molecule has 9 nitrogen and oxygen atoms in total. The number of morpholine rings is 1. The van der Waals surface area contributed by atoms with Crippen molar-refractivity contribution in [3.05, 3.63) is 41.5 Å². The first-order chi connectivity index (χ1) is 22.2. The maximum Gasteiger partial charge on any atom is 0.319 e. The van der Waals surface area contributed by atoms with Crippen molar-refractivity contribution in [2.45, 2.75) is 44.6 Å². The fourth-order valence-corrected chi connectivity index (χ4v) is 7.95. The molecule has 1 aliphatic carbocycles. The van der Waals surface area contributed by atoms with Crippen LogP contribution in [0.5, 0.6) is 17.6 Å². The highest BCUT2D eigenvalue weighted by Gasteiger charge is 2.56. The summed E-state index contributed by atoms with van der Waals surface area (Å²) in [5.41, 5.74) is -0.296. The summed E-state index contributed by atoms with van der Waals surface area (Å²) in [6.07, 6.45) is 11.1. The standard InChI is InChI=1S/C35H37F2N5O4/c1-5-23-25(36)9-8-21-18-22(43)19-24(26(21)23)29-28(37)30-27(32(38-29)44-4)31(42-14-16-45-17-15-42)40-33(39-30)46-20-35-11-6-10-34(35,2)41(3)13-7-12-35/h1,8-9,18-19,43H,6-7,10-17,20H2,2-4H3/t34-,35?/m1/s1. The van der Waals surface area contributed by atoms with Crippen molar-refractivity contribution in [2.24, 2.45) is 5.41 Å². The van der Waals surface area contributed by atoms with Gasteiger partial charge in [0.05, 0.1) is 32.5 Å². The number of anilines is 1. The number of hydrogen-bond donors (Lipinski definition) is 1. The number of ether oxygens (including phenoxy) is 3. The van der Waals surface area contributed by atoms with Crippen LogP contribution in [0.1, 0.15) is 44.6 Å². The van der Waals surface area contributed by atoms with Gasteiger partial charge < -0.3 is 29.1 Å². The Hall–Kier alpha value is -4.27. The van der Waals surface area contributed by atoms with Crippen molar-refractivity contribution in [3.63, 3.8) is 0 Å². The molecule has 2 aromatic carbocycles. The predicted molar refractivity (Wildman–Crippen MR) is 171 cm³/mol. The molecule has 2 atom stereocenters. The highest BCUT2D eigenvalue weighted by atomic mass is 19.1. The number of halogens is 2. The summed E-state index contributed by atoms with van der Waals surface area (Å²) in [7, 11) is 3.62. The minimum absolute atomic E-state index is 0.0128. The van der Waals surface area contributed by atoms with Crippen molar-refractivity contribution >= 4 is 27.5 Å². The van der Waals surface area contributed by atoms with E-state index in [0.29, 0.717) is 44.1 Å². The first-order valence-corrected chi connectivity index (χ1v) is 15.7. The quantitative estimate of drug-likeness (QED) is 0.270. The third kappa shape index (κ3) is 4.69. The number of phenols is 1. The second kappa shape index (κ2) is 11.5. The van der Waals surface area contributed by atoms with Crippen molar-refractivity contribution in [3.8, 4) is 41.2 Å². The van der Waals surface area contributed by atoms with Crippen molar-refractivity contribution in [2.75, 3.05) is 58.5 Å². The van der Waals surface area contributed by atoms with E-state index in [2.05, 4.69) is 34.8 Å². The van der Waals surface area contributed by atoms with E-state index in [1.807, 2.05) is 4.90 Å². The molecule has 0 spiro atoms. The second-order valence-corrected chi connectivity index (χ2v) is 12.8. The number of pyridine rings is 1. The van der Waals surface area contributed by atoms with E-state index in [1.165, 1.54) is 31.4 Å². The molecular formula is C35H37F2N5O4. The molecule has 11 heteroatoms. The third-order valence-corrected chi connectivity index (χ3v) is 10.6. The average Bonchev–Trinajstić information content (AvgIpc) is 3.42. The maximum atomic E-state index is 17.0. The van der Waals surface area contributed by atoms with Gasteiger partial charge in [0.2, 0.25) is 5.88 Å². The van der Waals surface area contributed by atoms with Crippen molar-refractivity contribution in [1.29, 1.82) is 0 Å². The normalized spacial score (nSPS) is 23.4. The number of rotatable bonds is 6. The Labute approximate surface area is 266 Å². The summed E-state index contributed by atoms with van der Waals surface area (Å²) in [6.45, 7) is 5.75. The van der Waals surface area contributed by atoms with Crippen molar-refractivity contribution < 1.29 is 28.1 Å². The lowest BCUT2D eigenvalue weighted by molar-refractivity contribution is -0.0526. The molecular weight excluding hydrogens is 592 g/mol. The molecule has 1 unspecified atom stereocenters. The van der Waals surface area contributed by atoms with Crippen molar-refractivity contribution in [1.82, 2.24) is 19.9 Å². The van der Waals surface area contributed by atoms with Crippen LogP contribution in [0.3, 0.4) is 0 Å². The second-order valence-electron chi connectivity index (χ2n) is 12.8. The van der Waals surface area contributed by atoms with E-state index in [1.54, 1.807) is 0 Å². The molecule has 2 aromatic heterocycles. The van der Waals surface area contributed by atoms with Crippen LogP contribution >= 0.6 is 0 Å². The number of aromatic hydroxyl groups is 1. The monoisotopic (exact) mass is 629 g/mol. The number of fused-ring (bicyclic) bond motifs is 3. The van der Waals surface area contributed by atoms with Gasteiger partial charge in [-0.3, -0.25) is 0 Å². The van der Waals surface area contributed by atoms with E-state index >= 15 is 4.39 Å². The average molecular weight is 630 g/mol. The molecule has 4 heterocycles. The highest BCUT2D eigenvalue weighted by molar-refractivity contribution is 6.04. The van der Waals surface area contributed by atoms with Gasteiger partial charge in [-0.25, -0.2) is 13.8 Å². The van der Waals surface area contributed by atoms with Gasteiger partial charge in [-0.15, -0.1) is 6.42 Å². The first kappa shape index (κ1) is 30.4. The Morgan fingerprint density at radius 3 is 2.59 bits per heavy atom.